The minimum absolute atomic E-state index is 0.421. The molecule has 0 aliphatic heterocycles. The van der Waals surface area contributed by atoms with Crippen LogP contribution in [-0.4, -0.2) is 35.5 Å². The number of hydrogen-bond acceptors (Lipinski definition) is 8. The Morgan fingerprint density at radius 1 is 0.545 bits per heavy atom. The first kappa shape index (κ1) is 31.3. The van der Waals surface area contributed by atoms with Crippen LogP contribution in [0.2, 0.25) is 0 Å². The zero-order valence-electron chi connectivity index (χ0n) is 24.8. The zero-order valence-corrected chi connectivity index (χ0v) is 24.8. The van der Waals surface area contributed by atoms with E-state index in [0.717, 1.165) is 22.3 Å². The van der Waals surface area contributed by atoms with E-state index in [1.165, 1.54) is 13.8 Å². The maximum absolute atomic E-state index is 12.6. The number of amides is 2. The molecule has 0 radical (unpaired) electrons. The number of rotatable bonds is 11. The number of nitrogens with one attached hydrogen (secondary N) is 2. The lowest BCUT2D eigenvalue weighted by atomic mass is 10.0. The minimum Gasteiger partial charge on any atom is -0.324 e. The molecule has 44 heavy (non-hydrogen) atoms. The summed E-state index contributed by atoms with van der Waals surface area (Å²) in [5.74, 6) is -1.95. The van der Waals surface area contributed by atoms with Crippen LogP contribution in [0.15, 0.2) is 118 Å². The largest absolute Gasteiger partial charge is 0.324 e. The molecule has 0 aliphatic carbocycles. The second kappa shape index (κ2) is 14.5. The number of ketones is 2. The molecule has 0 saturated carbocycles. The molecule has 4 aromatic rings. The molecule has 2 atom stereocenters. The van der Waals surface area contributed by atoms with E-state index in [1.807, 2.05) is 50.2 Å². The molecule has 10 nitrogen and oxygen atoms in total. The van der Waals surface area contributed by atoms with Crippen molar-refractivity contribution in [1.82, 2.24) is 0 Å². The quantitative estimate of drug-likeness (QED) is 0.140. The van der Waals surface area contributed by atoms with Crippen molar-refractivity contribution < 1.29 is 19.2 Å². The van der Waals surface area contributed by atoms with Crippen LogP contribution in [0.25, 0.3) is 11.1 Å². The average molecular weight is 589 g/mol. The first-order chi connectivity index (χ1) is 21.1. The number of hydrogen-bond donors (Lipinski definition) is 2. The standard InChI is InChI=1S/C34H32N6O4/c1-21-19-25(15-17-29(21)37-39-31(23(3)41)33(43)35-27-11-7-5-8-12-27)26-16-18-30(22(2)20-26)38-40-32(24(4)42)34(44)36-28-13-9-6-10-14-28/h5-20,31-32H,1-4H3,(H,35,43)(H,36,44)/t31-,32-/m1/s1. The van der Waals surface area contributed by atoms with Crippen molar-refractivity contribution >= 4 is 46.1 Å². The molecule has 0 unspecified atom stereocenters. The predicted octanol–water partition coefficient (Wildman–Crippen LogP) is 7.33. The summed E-state index contributed by atoms with van der Waals surface area (Å²) in [7, 11) is 0. The fourth-order valence-corrected chi connectivity index (χ4v) is 4.24. The predicted molar refractivity (Wildman–Crippen MR) is 169 cm³/mol. The average Bonchev–Trinajstić information content (AvgIpc) is 2.99. The molecule has 222 valence electrons. The number of azo groups is 2. The summed E-state index contributed by atoms with van der Waals surface area (Å²) >= 11 is 0. The Morgan fingerprint density at radius 2 is 0.909 bits per heavy atom. The van der Waals surface area contributed by atoms with Crippen molar-refractivity contribution in [3.8, 4) is 11.1 Å². The van der Waals surface area contributed by atoms with Gasteiger partial charge in [0.2, 0.25) is 12.1 Å². The van der Waals surface area contributed by atoms with E-state index in [1.54, 1.807) is 60.7 Å². The lowest BCUT2D eigenvalue weighted by Gasteiger charge is -2.11. The fourth-order valence-electron chi connectivity index (χ4n) is 4.24. The topological polar surface area (TPSA) is 142 Å². The number of Topliss-reactive ketones (excluding diaryl/α,β-unsaturated/α-hetero) is 2. The summed E-state index contributed by atoms with van der Waals surface area (Å²) in [6.45, 7) is 6.33. The Morgan fingerprint density at radius 3 is 1.23 bits per heavy atom. The van der Waals surface area contributed by atoms with Crippen LogP contribution in [0.4, 0.5) is 22.7 Å². The molecular formula is C34H32N6O4. The Kier molecular flexibility index (Phi) is 10.3. The van der Waals surface area contributed by atoms with Gasteiger partial charge in [-0.1, -0.05) is 48.5 Å². The van der Waals surface area contributed by atoms with Crippen LogP contribution in [0.3, 0.4) is 0 Å². The third-order valence-corrected chi connectivity index (χ3v) is 6.64. The van der Waals surface area contributed by atoms with Crippen molar-refractivity contribution in [2.45, 2.75) is 39.8 Å². The van der Waals surface area contributed by atoms with Gasteiger partial charge < -0.3 is 10.6 Å². The highest BCUT2D eigenvalue weighted by Gasteiger charge is 2.24. The van der Waals surface area contributed by atoms with Gasteiger partial charge in [0.25, 0.3) is 11.8 Å². The molecule has 4 aromatic carbocycles. The zero-order chi connectivity index (χ0) is 31.6. The van der Waals surface area contributed by atoms with Crippen LogP contribution < -0.4 is 10.6 Å². The van der Waals surface area contributed by atoms with Crippen molar-refractivity contribution in [2.24, 2.45) is 20.5 Å². The molecule has 2 amide bonds. The Labute approximate surface area is 255 Å². The van der Waals surface area contributed by atoms with Crippen LogP contribution in [0.1, 0.15) is 25.0 Å². The fraction of sp³-hybridized carbons (Fsp3) is 0.176. The number of anilines is 2. The summed E-state index contributed by atoms with van der Waals surface area (Å²) in [5, 5.41) is 21.9. The second-order valence-corrected chi connectivity index (χ2v) is 10.2. The van der Waals surface area contributed by atoms with E-state index in [4.69, 9.17) is 0 Å². The van der Waals surface area contributed by atoms with Gasteiger partial charge in [0.05, 0.1) is 11.4 Å². The molecule has 0 aliphatic rings. The Bertz CT molecular complexity index is 1610. The highest BCUT2D eigenvalue weighted by molar-refractivity contribution is 6.10. The monoisotopic (exact) mass is 588 g/mol. The van der Waals surface area contributed by atoms with E-state index in [0.29, 0.717) is 22.7 Å². The molecule has 10 heteroatoms. The normalized spacial score (nSPS) is 12.5. The van der Waals surface area contributed by atoms with Crippen LogP contribution in [0, 0.1) is 13.8 Å². The van der Waals surface area contributed by atoms with Crippen LogP contribution in [0.5, 0.6) is 0 Å². The molecule has 0 aromatic heterocycles. The molecule has 0 heterocycles. The summed E-state index contributed by atoms with van der Waals surface area (Å²) < 4.78 is 0. The summed E-state index contributed by atoms with van der Waals surface area (Å²) in [4.78, 5) is 49.6. The maximum atomic E-state index is 12.6. The summed E-state index contributed by atoms with van der Waals surface area (Å²) in [5.41, 5.74) is 5.59. The van der Waals surface area contributed by atoms with E-state index < -0.39 is 35.5 Å². The highest BCUT2D eigenvalue weighted by Crippen LogP contribution is 2.30. The molecule has 2 N–H and O–H groups in total. The van der Waals surface area contributed by atoms with E-state index in [2.05, 4.69) is 31.1 Å². The van der Waals surface area contributed by atoms with Gasteiger partial charge in [-0.25, -0.2) is 0 Å². The number of carbonyl (C=O) groups excluding carboxylic acids is 4. The molecule has 0 saturated heterocycles. The SMILES string of the molecule is CC(=O)[C@@H](N=Nc1ccc(-c2ccc(N=N[C@H](C(C)=O)C(=O)Nc3ccccc3)c(C)c2)cc1C)C(=O)Nc1ccccc1. The van der Waals surface area contributed by atoms with E-state index in [-0.39, 0.29) is 0 Å². The van der Waals surface area contributed by atoms with Gasteiger partial charge >= 0.3 is 0 Å². The van der Waals surface area contributed by atoms with Gasteiger partial charge in [0.1, 0.15) is 0 Å². The Hall–Kier alpha value is -5.64. The number of benzene rings is 4. The number of para-hydroxylation sites is 2. The van der Waals surface area contributed by atoms with Crippen LogP contribution >= 0.6 is 0 Å². The first-order valence-electron chi connectivity index (χ1n) is 13.9. The van der Waals surface area contributed by atoms with Crippen molar-refractivity contribution in [1.29, 1.82) is 0 Å². The third-order valence-electron chi connectivity index (χ3n) is 6.64. The number of nitrogens with zero attached hydrogens (tertiary/aromatic N) is 4. The van der Waals surface area contributed by atoms with Gasteiger partial charge in [-0.15, -0.1) is 0 Å². The van der Waals surface area contributed by atoms with Crippen molar-refractivity contribution in [2.75, 3.05) is 10.6 Å². The summed E-state index contributed by atoms with van der Waals surface area (Å²) in [6.07, 6.45) is 0. The lowest BCUT2D eigenvalue weighted by molar-refractivity contribution is -0.127. The first-order valence-corrected chi connectivity index (χ1v) is 13.9. The lowest BCUT2D eigenvalue weighted by Crippen LogP contribution is -2.31. The van der Waals surface area contributed by atoms with Gasteiger partial charge in [-0.05, 0) is 98.5 Å². The highest BCUT2D eigenvalue weighted by atomic mass is 16.2. The molecular weight excluding hydrogens is 556 g/mol. The van der Waals surface area contributed by atoms with Gasteiger partial charge in [-0.3, -0.25) is 19.2 Å². The molecule has 0 fully saturated rings. The molecule has 4 rings (SSSR count). The summed E-state index contributed by atoms with van der Waals surface area (Å²) in [6, 6.07) is 26.2. The van der Waals surface area contributed by atoms with Crippen molar-refractivity contribution in [3.05, 3.63) is 108 Å². The third kappa shape index (κ3) is 8.22. The van der Waals surface area contributed by atoms with Crippen molar-refractivity contribution in [3.63, 3.8) is 0 Å². The van der Waals surface area contributed by atoms with Gasteiger partial charge in [-0.2, -0.15) is 20.5 Å². The Balaban J connectivity index is 1.47. The van der Waals surface area contributed by atoms with Gasteiger partial charge in [0.15, 0.2) is 11.6 Å². The van der Waals surface area contributed by atoms with Gasteiger partial charge in [0, 0.05) is 11.4 Å². The second-order valence-electron chi connectivity index (χ2n) is 10.2. The van der Waals surface area contributed by atoms with E-state index in [9.17, 15) is 19.2 Å². The smallest absolute Gasteiger partial charge is 0.258 e. The molecule has 0 bridgehead atoms. The maximum Gasteiger partial charge on any atom is 0.258 e. The minimum atomic E-state index is -1.27. The number of carbonyl (C=O) groups is 4. The van der Waals surface area contributed by atoms with Crippen LogP contribution in [-0.2, 0) is 19.2 Å². The number of aryl methyl sites for hydroxylation is 2. The molecule has 0 spiro atoms. The van der Waals surface area contributed by atoms with E-state index >= 15 is 0 Å².